The van der Waals surface area contributed by atoms with Gasteiger partial charge in [-0.25, -0.2) is 5.01 Å². The quantitative estimate of drug-likeness (QED) is 0.915. The third-order valence-corrected chi connectivity index (χ3v) is 3.30. The molecule has 2 aromatic carbocycles. The predicted molar refractivity (Wildman–Crippen MR) is 71.4 cm³/mol. The summed E-state index contributed by atoms with van der Waals surface area (Å²) in [4.78, 5) is 12.1. The number of benzene rings is 2. The Labute approximate surface area is 119 Å². The van der Waals surface area contributed by atoms with E-state index in [0.29, 0.717) is 17.8 Å². The van der Waals surface area contributed by atoms with Gasteiger partial charge in [0.15, 0.2) is 0 Å². The van der Waals surface area contributed by atoms with Gasteiger partial charge in [-0.1, -0.05) is 18.2 Å². The summed E-state index contributed by atoms with van der Waals surface area (Å²) in [5.74, 6) is -0.189. The number of carbonyl (C=O) groups excluding carboxylic acids is 1. The molecule has 1 amide bonds. The van der Waals surface area contributed by atoms with Gasteiger partial charge in [0.2, 0.25) is 0 Å². The number of hydrogen-bond acceptors (Lipinski definition) is 2. The van der Waals surface area contributed by atoms with Crippen LogP contribution in [0.25, 0.3) is 0 Å². The first-order valence-electron chi connectivity index (χ1n) is 6.29. The van der Waals surface area contributed by atoms with Crippen LogP contribution in [0, 0.1) is 0 Å². The fourth-order valence-corrected chi connectivity index (χ4v) is 2.23. The van der Waals surface area contributed by atoms with E-state index in [1.54, 1.807) is 12.1 Å². The summed E-state index contributed by atoms with van der Waals surface area (Å²) < 4.78 is 37.4. The van der Waals surface area contributed by atoms with Gasteiger partial charge in [-0.15, -0.1) is 0 Å². The Hall–Kier alpha value is -2.50. The fourth-order valence-electron chi connectivity index (χ4n) is 2.23. The van der Waals surface area contributed by atoms with Crippen LogP contribution in [0.4, 0.5) is 18.9 Å². The van der Waals surface area contributed by atoms with E-state index >= 15 is 0 Å². The van der Waals surface area contributed by atoms with E-state index in [1.807, 2.05) is 12.1 Å². The number of alkyl halides is 3. The van der Waals surface area contributed by atoms with Crippen LogP contribution in [0.1, 0.15) is 21.5 Å². The second kappa shape index (κ2) is 4.80. The average Bonchev–Trinajstić information content (AvgIpc) is 2.76. The standard InChI is InChI=1S/C15H11F3N2O/c16-15(17,18)11-5-7-12(8-6-11)19-20-9-10-3-1-2-4-13(10)14(20)21/h1-8,19H,9H2. The number of fused-ring (bicyclic) bond motifs is 1. The minimum atomic E-state index is -4.36. The van der Waals surface area contributed by atoms with Gasteiger partial charge in [0.25, 0.3) is 5.91 Å². The fraction of sp³-hybridized carbons (Fsp3) is 0.133. The van der Waals surface area contributed by atoms with Crippen molar-refractivity contribution in [3.05, 3.63) is 65.2 Å². The summed E-state index contributed by atoms with van der Waals surface area (Å²) in [5, 5.41) is 1.38. The molecule has 0 saturated heterocycles. The van der Waals surface area contributed by atoms with Crippen LogP contribution < -0.4 is 5.43 Å². The van der Waals surface area contributed by atoms with Crippen LogP contribution in [0.5, 0.6) is 0 Å². The smallest absolute Gasteiger partial charge is 0.295 e. The molecule has 0 spiro atoms. The monoisotopic (exact) mass is 292 g/mol. The van der Waals surface area contributed by atoms with Gasteiger partial charge in [0.1, 0.15) is 0 Å². The molecule has 0 radical (unpaired) electrons. The van der Waals surface area contributed by atoms with Gasteiger partial charge in [-0.05, 0) is 35.9 Å². The second-order valence-electron chi connectivity index (χ2n) is 4.74. The highest BCUT2D eigenvalue weighted by Gasteiger charge is 2.30. The number of amides is 1. The first-order valence-corrected chi connectivity index (χ1v) is 6.29. The van der Waals surface area contributed by atoms with Gasteiger partial charge in [-0.2, -0.15) is 13.2 Å². The molecule has 1 N–H and O–H groups in total. The Kier molecular flexibility index (Phi) is 3.08. The first-order chi connectivity index (χ1) is 9.95. The number of nitrogens with one attached hydrogen (secondary N) is 1. The normalized spacial score (nSPS) is 14.2. The number of anilines is 1. The van der Waals surface area contributed by atoms with Crippen LogP contribution in [0.3, 0.4) is 0 Å². The van der Waals surface area contributed by atoms with E-state index in [0.717, 1.165) is 17.7 Å². The lowest BCUT2D eigenvalue weighted by Gasteiger charge is -2.18. The Bertz CT molecular complexity index is 680. The van der Waals surface area contributed by atoms with Gasteiger partial charge in [0.05, 0.1) is 17.8 Å². The molecule has 1 heterocycles. The van der Waals surface area contributed by atoms with Crippen molar-refractivity contribution in [1.29, 1.82) is 0 Å². The topological polar surface area (TPSA) is 32.3 Å². The molecule has 0 saturated carbocycles. The largest absolute Gasteiger partial charge is 0.416 e. The molecule has 1 aliphatic heterocycles. The summed E-state index contributed by atoms with van der Waals surface area (Å²) in [6, 6.07) is 11.8. The maximum absolute atomic E-state index is 12.5. The maximum atomic E-state index is 12.5. The number of hydrogen-bond donors (Lipinski definition) is 1. The molecule has 3 rings (SSSR count). The summed E-state index contributed by atoms with van der Waals surface area (Å²) in [5.41, 5.74) is 4.05. The summed E-state index contributed by atoms with van der Waals surface area (Å²) in [6.45, 7) is 0.385. The molecule has 0 atom stereocenters. The number of rotatable bonds is 2. The zero-order valence-corrected chi connectivity index (χ0v) is 10.8. The van der Waals surface area contributed by atoms with Crippen molar-refractivity contribution < 1.29 is 18.0 Å². The highest BCUT2D eigenvalue weighted by atomic mass is 19.4. The van der Waals surface area contributed by atoms with Crippen molar-refractivity contribution in [2.24, 2.45) is 0 Å². The molecule has 0 fully saturated rings. The SMILES string of the molecule is O=C1c2ccccc2CN1Nc1ccc(C(F)(F)F)cc1. The lowest BCUT2D eigenvalue weighted by Crippen LogP contribution is -2.30. The lowest BCUT2D eigenvalue weighted by molar-refractivity contribution is -0.137. The molecule has 0 unspecified atom stereocenters. The van der Waals surface area contributed by atoms with Crippen molar-refractivity contribution >= 4 is 11.6 Å². The third kappa shape index (κ3) is 2.56. The van der Waals surface area contributed by atoms with E-state index in [4.69, 9.17) is 0 Å². The highest BCUT2D eigenvalue weighted by Crippen LogP contribution is 2.30. The Morgan fingerprint density at radius 3 is 2.29 bits per heavy atom. The molecule has 1 aliphatic rings. The highest BCUT2D eigenvalue weighted by molar-refractivity contribution is 5.98. The molecule has 0 aliphatic carbocycles. The molecule has 0 aromatic heterocycles. The van der Waals surface area contributed by atoms with E-state index in [1.165, 1.54) is 17.1 Å². The second-order valence-corrected chi connectivity index (χ2v) is 4.74. The molecule has 3 nitrogen and oxygen atoms in total. The van der Waals surface area contributed by atoms with Gasteiger partial charge in [0, 0.05) is 5.56 Å². The van der Waals surface area contributed by atoms with Gasteiger partial charge < -0.3 is 0 Å². The number of halogens is 3. The molecular weight excluding hydrogens is 281 g/mol. The van der Waals surface area contributed by atoms with Crippen LogP contribution >= 0.6 is 0 Å². The predicted octanol–water partition coefficient (Wildman–Crippen LogP) is 3.69. The Morgan fingerprint density at radius 1 is 1.00 bits per heavy atom. The van der Waals surface area contributed by atoms with E-state index in [-0.39, 0.29) is 5.91 Å². The molecule has 21 heavy (non-hydrogen) atoms. The lowest BCUT2D eigenvalue weighted by atomic mass is 10.1. The van der Waals surface area contributed by atoms with Gasteiger partial charge in [-0.3, -0.25) is 10.2 Å². The van der Waals surface area contributed by atoms with Crippen LogP contribution in [-0.2, 0) is 12.7 Å². The minimum absolute atomic E-state index is 0.189. The molecule has 2 aromatic rings. The molecule has 6 heteroatoms. The molecule has 108 valence electrons. The number of nitrogens with zero attached hydrogens (tertiary/aromatic N) is 1. The molecule has 0 bridgehead atoms. The summed E-state index contributed by atoms with van der Waals surface area (Å²) >= 11 is 0. The van der Waals surface area contributed by atoms with Crippen LogP contribution in [0.15, 0.2) is 48.5 Å². The van der Waals surface area contributed by atoms with E-state index in [2.05, 4.69) is 5.43 Å². The zero-order valence-electron chi connectivity index (χ0n) is 10.8. The zero-order chi connectivity index (χ0) is 15.0. The van der Waals surface area contributed by atoms with Crippen molar-refractivity contribution in [3.63, 3.8) is 0 Å². The summed E-state index contributed by atoms with van der Waals surface area (Å²) in [7, 11) is 0. The van der Waals surface area contributed by atoms with Crippen molar-refractivity contribution in [2.45, 2.75) is 12.7 Å². The minimum Gasteiger partial charge on any atom is -0.295 e. The summed E-state index contributed by atoms with van der Waals surface area (Å²) in [6.07, 6.45) is -4.36. The first kappa shape index (κ1) is 13.5. The number of hydrazine groups is 1. The third-order valence-electron chi connectivity index (χ3n) is 3.30. The maximum Gasteiger partial charge on any atom is 0.416 e. The van der Waals surface area contributed by atoms with Crippen LogP contribution in [-0.4, -0.2) is 10.9 Å². The number of carbonyl (C=O) groups is 1. The van der Waals surface area contributed by atoms with Crippen molar-refractivity contribution in [3.8, 4) is 0 Å². The van der Waals surface area contributed by atoms with Crippen LogP contribution in [0.2, 0.25) is 0 Å². The van der Waals surface area contributed by atoms with E-state index in [9.17, 15) is 18.0 Å². The van der Waals surface area contributed by atoms with Crippen molar-refractivity contribution in [1.82, 2.24) is 5.01 Å². The average molecular weight is 292 g/mol. The van der Waals surface area contributed by atoms with E-state index < -0.39 is 11.7 Å². The Morgan fingerprint density at radius 2 is 1.67 bits per heavy atom. The molecular formula is C15H11F3N2O. The van der Waals surface area contributed by atoms with Gasteiger partial charge >= 0.3 is 6.18 Å². The van der Waals surface area contributed by atoms with Crippen molar-refractivity contribution in [2.75, 3.05) is 5.43 Å². The Balaban J connectivity index is 1.76.